The van der Waals surface area contributed by atoms with E-state index in [1.807, 2.05) is 28.8 Å². The van der Waals surface area contributed by atoms with Crippen LogP contribution >= 0.6 is 11.6 Å². The molecule has 0 aliphatic rings. The van der Waals surface area contributed by atoms with E-state index in [0.29, 0.717) is 22.6 Å². The van der Waals surface area contributed by atoms with Gasteiger partial charge in [-0.15, -0.1) is 0 Å². The molecule has 118 valence electrons. The molecule has 3 heterocycles. The molecule has 4 aromatic rings. The van der Waals surface area contributed by atoms with Gasteiger partial charge in [-0.1, -0.05) is 17.7 Å². The third-order valence-corrected chi connectivity index (χ3v) is 4.14. The van der Waals surface area contributed by atoms with E-state index in [-0.39, 0.29) is 5.56 Å². The fourth-order valence-electron chi connectivity index (χ4n) is 2.86. The van der Waals surface area contributed by atoms with Crippen LogP contribution in [0.25, 0.3) is 21.9 Å². The largest absolute Gasteiger partial charge is 0.478 e. The lowest BCUT2D eigenvalue weighted by atomic mass is 10.1. The molecule has 0 fully saturated rings. The molecule has 1 aromatic carbocycles. The van der Waals surface area contributed by atoms with Crippen molar-refractivity contribution in [3.63, 3.8) is 0 Å². The number of carbonyl (C=O) groups is 1. The van der Waals surface area contributed by atoms with Crippen LogP contribution in [-0.2, 0) is 6.54 Å². The average Bonchev–Trinajstić information content (AvgIpc) is 2.94. The van der Waals surface area contributed by atoms with Crippen molar-refractivity contribution in [1.29, 1.82) is 0 Å². The van der Waals surface area contributed by atoms with Gasteiger partial charge in [0.1, 0.15) is 5.65 Å². The van der Waals surface area contributed by atoms with Gasteiger partial charge in [-0.3, -0.25) is 4.98 Å². The lowest BCUT2D eigenvalue weighted by Gasteiger charge is -2.06. The molecule has 0 unspecified atom stereocenters. The highest BCUT2D eigenvalue weighted by Gasteiger charge is 2.14. The molecule has 0 aliphatic carbocycles. The Morgan fingerprint density at radius 2 is 2.08 bits per heavy atom. The number of aromatic nitrogens is 3. The summed E-state index contributed by atoms with van der Waals surface area (Å²) in [5, 5.41) is 11.5. The number of rotatable bonds is 3. The van der Waals surface area contributed by atoms with Gasteiger partial charge in [-0.2, -0.15) is 0 Å². The van der Waals surface area contributed by atoms with Gasteiger partial charge >= 0.3 is 5.97 Å². The van der Waals surface area contributed by atoms with E-state index in [4.69, 9.17) is 11.6 Å². The number of halogens is 1. The molecule has 3 aromatic heterocycles. The number of hydrogen-bond donors (Lipinski definition) is 1. The smallest absolute Gasteiger partial charge is 0.337 e. The quantitative estimate of drug-likeness (QED) is 0.614. The first-order valence-electron chi connectivity index (χ1n) is 7.33. The first-order valence-corrected chi connectivity index (χ1v) is 7.71. The van der Waals surface area contributed by atoms with Gasteiger partial charge in [-0.25, -0.2) is 9.78 Å². The average molecular weight is 338 g/mol. The molecule has 1 N–H and O–H groups in total. The first kappa shape index (κ1) is 14.7. The van der Waals surface area contributed by atoms with Crippen LogP contribution in [-0.4, -0.2) is 25.6 Å². The summed E-state index contributed by atoms with van der Waals surface area (Å²) in [5.41, 5.74) is 2.79. The monoisotopic (exact) mass is 337 g/mol. The van der Waals surface area contributed by atoms with E-state index < -0.39 is 5.97 Å². The van der Waals surface area contributed by atoms with Crippen LogP contribution in [0, 0.1) is 0 Å². The van der Waals surface area contributed by atoms with E-state index in [9.17, 15) is 9.90 Å². The van der Waals surface area contributed by atoms with Crippen LogP contribution in [0.2, 0.25) is 5.02 Å². The van der Waals surface area contributed by atoms with Crippen LogP contribution in [0.4, 0.5) is 0 Å². The summed E-state index contributed by atoms with van der Waals surface area (Å²) >= 11 is 6.00. The molecular formula is C18H12ClN3O2. The molecule has 0 spiro atoms. The number of benzene rings is 1. The molecule has 0 saturated heterocycles. The molecular weight excluding hydrogens is 326 g/mol. The third kappa shape index (κ3) is 2.49. The Morgan fingerprint density at radius 3 is 2.92 bits per heavy atom. The van der Waals surface area contributed by atoms with Crippen molar-refractivity contribution in [1.82, 2.24) is 14.5 Å². The number of carboxylic acid groups (broad SMARTS) is 1. The number of nitrogens with zero attached hydrogens (tertiary/aromatic N) is 3. The molecule has 0 amide bonds. The van der Waals surface area contributed by atoms with E-state index in [1.54, 1.807) is 30.7 Å². The highest BCUT2D eigenvalue weighted by Crippen LogP contribution is 2.23. The SMILES string of the molecule is O=C(O)c1cn(Cc2ccc3ncc(Cl)cc3c2)c2ncccc12. The second-order valence-corrected chi connectivity index (χ2v) is 5.97. The van der Waals surface area contributed by atoms with Crippen LogP contribution in [0.5, 0.6) is 0 Å². The Balaban J connectivity index is 1.80. The third-order valence-electron chi connectivity index (χ3n) is 3.93. The molecule has 4 rings (SSSR count). The van der Waals surface area contributed by atoms with Gasteiger partial charge in [0.25, 0.3) is 0 Å². The van der Waals surface area contributed by atoms with E-state index in [0.717, 1.165) is 16.5 Å². The van der Waals surface area contributed by atoms with Crippen molar-refractivity contribution >= 4 is 39.5 Å². The molecule has 0 bridgehead atoms. The Labute approximate surface area is 142 Å². The van der Waals surface area contributed by atoms with Crippen LogP contribution < -0.4 is 0 Å². The molecule has 24 heavy (non-hydrogen) atoms. The highest BCUT2D eigenvalue weighted by molar-refractivity contribution is 6.31. The zero-order chi connectivity index (χ0) is 16.7. The fraction of sp³-hybridized carbons (Fsp3) is 0.0556. The van der Waals surface area contributed by atoms with Gasteiger partial charge in [0.15, 0.2) is 0 Å². The molecule has 6 heteroatoms. The summed E-state index contributed by atoms with van der Waals surface area (Å²) in [4.78, 5) is 20.0. The highest BCUT2D eigenvalue weighted by atomic mass is 35.5. The minimum Gasteiger partial charge on any atom is -0.478 e. The molecule has 0 radical (unpaired) electrons. The predicted octanol–water partition coefficient (Wildman–Crippen LogP) is 3.98. The van der Waals surface area contributed by atoms with Gasteiger partial charge in [0, 0.05) is 35.9 Å². The van der Waals surface area contributed by atoms with Crippen molar-refractivity contribution in [2.75, 3.05) is 0 Å². The number of aromatic carboxylic acids is 1. The van der Waals surface area contributed by atoms with Crippen molar-refractivity contribution in [3.8, 4) is 0 Å². The van der Waals surface area contributed by atoms with Crippen molar-refractivity contribution < 1.29 is 9.90 Å². The van der Waals surface area contributed by atoms with E-state index >= 15 is 0 Å². The van der Waals surface area contributed by atoms with Gasteiger partial charge in [-0.05, 0) is 35.9 Å². The van der Waals surface area contributed by atoms with E-state index in [2.05, 4.69) is 9.97 Å². The van der Waals surface area contributed by atoms with Crippen LogP contribution in [0.3, 0.4) is 0 Å². The summed E-state index contributed by atoms with van der Waals surface area (Å²) in [6, 6.07) is 11.3. The molecule has 0 aliphatic heterocycles. The number of hydrogen-bond acceptors (Lipinski definition) is 3. The van der Waals surface area contributed by atoms with Crippen LogP contribution in [0.15, 0.2) is 55.0 Å². The summed E-state index contributed by atoms with van der Waals surface area (Å²) in [7, 11) is 0. The van der Waals surface area contributed by atoms with Crippen molar-refractivity contribution in [2.24, 2.45) is 0 Å². The Hall–Kier alpha value is -2.92. The minimum atomic E-state index is -0.957. The second-order valence-electron chi connectivity index (χ2n) is 5.53. The summed E-state index contributed by atoms with van der Waals surface area (Å²) < 4.78 is 1.85. The topological polar surface area (TPSA) is 68.0 Å². The number of pyridine rings is 2. The Bertz CT molecular complexity index is 1090. The van der Waals surface area contributed by atoms with Gasteiger partial charge < -0.3 is 9.67 Å². The number of carboxylic acids is 1. The summed E-state index contributed by atoms with van der Waals surface area (Å²) in [6.45, 7) is 0.517. The summed E-state index contributed by atoms with van der Waals surface area (Å²) in [5.74, 6) is -0.957. The maximum absolute atomic E-state index is 11.4. The first-order chi connectivity index (χ1) is 11.6. The number of fused-ring (bicyclic) bond motifs is 2. The standard InChI is InChI=1S/C18H12ClN3O2/c19-13-7-12-6-11(3-4-16(12)21-8-13)9-22-10-15(18(23)24)14-2-1-5-20-17(14)22/h1-8,10H,9H2,(H,23,24). The maximum atomic E-state index is 11.4. The van der Waals surface area contributed by atoms with Gasteiger partial charge in [0.2, 0.25) is 0 Å². The zero-order valence-electron chi connectivity index (χ0n) is 12.5. The predicted molar refractivity (Wildman–Crippen MR) is 92.5 cm³/mol. The Morgan fingerprint density at radius 1 is 1.21 bits per heavy atom. The van der Waals surface area contributed by atoms with Crippen LogP contribution in [0.1, 0.15) is 15.9 Å². The van der Waals surface area contributed by atoms with E-state index in [1.165, 1.54) is 0 Å². The normalized spacial score (nSPS) is 11.2. The Kier molecular flexibility index (Phi) is 3.43. The zero-order valence-corrected chi connectivity index (χ0v) is 13.2. The lowest BCUT2D eigenvalue weighted by Crippen LogP contribution is -1.99. The van der Waals surface area contributed by atoms with Crippen molar-refractivity contribution in [3.05, 3.63) is 71.1 Å². The minimum absolute atomic E-state index is 0.253. The lowest BCUT2D eigenvalue weighted by molar-refractivity contribution is 0.0699. The van der Waals surface area contributed by atoms with Gasteiger partial charge in [0.05, 0.1) is 16.1 Å². The molecule has 5 nitrogen and oxygen atoms in total. The summed E-state index contributed by atoms with van der Waals surface area (Å²) in [6.07, 6.45) is 4.90. The molecule has 0 saturated carbocycles. The molecule has 0 atom stereocenters. The second kappa shape index (κ2) is 5.62. The maximum Gasteiger partial charge on any atom is 0.337 e. The fourth-order valence-corrected chi connectivity index (χ4v) is 3.03. The van der Waals surface area contributed by atoms with Crippen molar-refractivity contribution in [2.45, 2.75) is 6.54 Å².